The van der Waals surface area contributed by atoms with Gasteiger partial charge in [-0.1, -0.05) is 26.0 Å². The minimum atomic E-state index is -0.180. The molecule has 2 N–H and O–H groups in total. The lowest BCUT2D eigenvalue weighted by atomic mass is 10.1. The molecule has 0 bridgehead atoms. The molecule has 1 heterocycles. The molecule has 0 fully saturated rings. The van der Waals surface area contributed by atoms with Crippen LogP contribution in [0.4, 0.5) is 4.39 Å². The van der Waals surface area contributed by atoms with E-state index in [1.165, 1.54) is 6.07 Å². The van der Waals surface area contributed by atoms with Crippen molar-refractivity contribution < 1.29 is 4.39 Å². The van der Waals surface area contributed by atoms with Crippen molar-refractivity contribution in [2.45, 2.75) is 39.8 Å². The molecule has 0 saturated carbocycles. The molecule has 0 amide bonds. The Balaban J connectivity index is 0.00000288. The summed E-state index contributed by atoms with van der Waals surface area (Å²) in [6.45, 7) is 7.27. The molecule has 0 spiro atoms. The van der Waals surface area contributed by atoms with E-state index in [-0.39, 0.29) is 29.8 Å². The maximum absolute atomic E-state index is 13.3. The fraction of sp³-hybridized carbons (Fsp3) is 0.412. The van der Waals surface area contributed by atoms with Crippen LogP contribution in [0.5, 0.6) is 0 Å². The zero-order valence-corrected chi connectivity index (χ0v) is 17.5. The Kier molecular flexibility index (Phi) is 8.61. The molecular weight excluding hydrogens is 438 g/mol. The van der Waals surface area contributed by atoms with E-state index in [0.29, 0.717) is 30.5 Å². The van der Waals surface area contributed by atoms with Gasteiger partial charge in [0.1, 0.15) is 10.8 Å². The van der Waals surface area contributed by atoms with Crippen LogP contribution in [0, 0.1) is 12.7 Å². The van der Waals surface area contributed by atoms with Gasteiger partial charge in [0.15, 0.2) is 5.96 Å². The number of aromatic nitrogens is 1. The van der Waals surface area contributed by atoms with Gasteiger partial charge in [-0.15, -0.1) is 35.3 Å². The highest BCUT2D eigenvalue weighted by Crippen LogP contribution is 2.17. The maximum Gasteiger partial charge on any atom is 0.191 e. The first-order chi connectivity index (χ1) is 11.0. The molecule has 7 heteroatoms. The smallest absolute Gasteiger partial charge is 0.191 e. The van der Waals surface area contributed by atoms with Crippen LogP contribution in [0.3, 0.4) is 0 Å². The Morgan fingerprint density at radius 2 is 2.00 bits per heavy atom. The fourth-order valence-electron chi connectivity index (χ4n) is 2.05. The van der Waals surface area contributed by atoms with Crippen LogP contribution >= 0.6 is 35.3 Å². The van der Waals surface area contributed by atoms with E-state index in [1.807, 2.05) is 6.07 Å². The van der Waals surface area contributed by atoms with Gasteiger partial charge in [-0.3, -0.25) is 4.99 Å². The second-order valence-corrected chi connectivity index (χ2v) is 6.63. The van der Waals surface area contributed by atoms with Crippen LogP contribution in [0.1, 0.15) is 41.6 Å². The lowest BCUT2D eigenvalue weighted by Gasteiger charge is -2.11. The summed E-state index contributed by atoms with van der Waals surface area (Å²) < 4.78 is 13.3. The second-order valence-electron chi connectivity index (χ2n) is 5.68. The Bertz CT molecular complexity index is 685. The third kappa shape index (κ3) is 6.01. The van der Waals surface area contributed by atoms with E-state index in [2.05, 4.69) is 39.8 Å². The molecule has 2 rings (SSSR count). The highest BCUT2D eigenvalue weighted by atomic mass is 127. The van der Waals surface area contributed by atoms with Crippen LogP contribution in [0.2, 0.25) is 0 Å². The van der Waals surface area contributed by atoms with Crippen LogP contribution in [0.15, 0.2) is 28.6 Å². The topological polar surface area (TPSA) is 49.3 Å². The van der Waals surface area contributed by atoms with Crippen molar-refractivity contribution in [1.29, 1.82) is 0 Å². The summed E-state index contributed by atoms with van der Waals surface area (Å²) in [5.41, 5.74) is 2.79. The number of hydrogen-bond acceptors (Lipinski definition) is 3. The third-order valence-electron chi connectivity index (χ3n) is 3.47. The Hall–Kier alpha value is -1.22. The molecule has 0 aliphatic rings. The predicted octanol–water partition coefficient (Wildman–Crippen LogP) is 4.20. The van der Waals surface area contributed by atoms with Gasteiger partial charge in [0.2, 0.25) is 0 Å². The molecule has 0 radical (unpaired) electrons. The first-order valence-corrected chi connectivity index (χ1v) is 8.51. The molecule has 0 aliphatic carbocycles. The van der Waals surface area contributed by atoms with Gasteiger partial charge < -0.3 is 10.6 Å². The van der Waals surface area contributed by atoms with Crippen molar-refractivity contribution in [3.05, 3.63) is 51.2 Å². The quantitative estimate of drug-likeness (QED) is 0.398. The number of rotatable bonds is 5. The summed E-state index contributed by atoms with van der Waals surface area (Å²) in [6, 6.07) is 5.11. The van der Waals surface area contributed by atoms with Crippen molar-refractivity contribution >= 4 is 41.3 Å². The van der Waals surface area contributed by atoms with Crippen LogP contribution in [0.25, 0.3) is 0 Å². The number of halogens is 2. The van der Waals surface area contributed by atoms with Crippen molar-refractivity contribution in [2.75, 3.05) is 7.05 Å². The van der Waals surface area contributed by atoms with E-state index in [1.54, 1.807) is 31.4 Å². The summed E-state index contributed by atoms with van der Waals surface area (Å²) in [4.78, 5) is 8.78. The molecule has 2 aromatic rings. The van der Waals surface area contributed by atoms with Gasteiger partial charge in [0, 0.05) is 19.0 Å². The van der Waals surface area contributed by atoms with Crippen LogP contribution in [-0.2, 0) is 13.1 Å². The lowest BCUT2D eigenvalue weighted by molar-refractivity contribution is 0.617. The number of nitrogens with zero attached hydrogens (tertiary/aromatic N) is 2. The molecule has 0 unspecified atom stereocenters. The van der Waals surface area contributed by atoms with Gasteiger partial charge >= 0.3 is 0 Å². The normalized spacial score (nSPS) is 11.3. The number of thiazole rings is 1. The SMILES string of the molecule is CN=C(NCc1ccc(F)c(C)c1)NCc1nc(C(C)C)cs1.I. The Morgan fingerprint density at radius 1 is 1.29 bits per heavy atom. The monoisotopic (exact) mass is 462 g/mol. The van der Waals surface area contributed by atoms with E-state index in [0.717, 1.165) is 16.3 Å². The molecule has 0 saturated heterocycles. The number of nitrogens with one attached hydrogen (secondary N) is 2. The zero-order valence-electron chi connectivity index (χ0n) is 14.4. The molecule has 1 aromatic heterocycles. The number of hydrogen-bond donors (Lipinski definition) is 2. The maximum atomic E-state index is 13.3. The van der Waals surface area contributed by atoms with Crippen molar-refractivity contribution in [2.24, 2.45) is 4.99 Å². The molecule has 1 aromatic carbocycles. The third-order valence-corrected chi connectivity index (χ3v) is 4.34. The van der Waals surface area contributed by atoms with Gasteiger partial charge in [-0.2, -0.15) is 0 Å². The van der Waals surface area contributed by atoms with Crippen molar-refractivity contribution in [3.63, 3.8) is 0 Å². The van der Waals surface area contributed by atoms with Crippen molar-refractivity contribution in [1.82, 2.24) is 15.6 Å². The summed E-state index contributed by atoms with van der Waals surface area (Å²) >= 11 is 1.65. The number of guanidine groups is 1. The number of benzene rings is 1. The van der Waals surface area contributed by atoms with Crippen molar-refractivity contribution in [3.8, 4) is 0 Å². The minimum absolute atomic E-state index is 0. The molecule has 0 aliphatic heterocycles. The predicted molar refractivity (Wildman–Crippen MR) is 110 cm³/mol. The van der Waals surface area contributed by atoms with Gasteiger partial charge in [0.25, 0.3) is 0 Å². The fourth-order valence-corrected chi connectivity index (χ4v) is 2.95. The summed E-state index contributed by atoms with van der Waals surface area (Å²) in [6.07, 6.45) is 0. The van der Waals surface area contributed by atoms with Gasteiger partial charge in [0.05, 0.1) is 12.2 Å². The molecule has 0 atom stereocenters. The average molecular weight is 462 g/mol. The Morgan fingerprint density at radius 3 is 2.58 bits per heavy atom. The molecule has 132 valence electrons. The first-order valence-electron chi connectivity index (χ1n) is 7.63. The highest BCUT2D eigenvalue weighted by molar-refractivity contribution is 14.0. The standard InChI is InChI=1S/C17H23FN4S.HI/c1-11(2)15-10-23-16(22-15)9-21-17(19-4)20-8-13-5-6-14(18)12(3)7-13;/h5-7,10-11H,8-9H2,1-4H3,(H2,19,20,21);1H. The minimum Gasteiger partial charge on any atom is -0.352 e. The van der Waals surface area contributed by atoms with E-state index in [4.69, 9.17) is 0 Å². The average Bonchev–Trinajstić information content (AvgIpc) is 3.00. The summed E-state index contributed by atoms with van der Waals surface area (Å²) in [7, 11) is 1.73. The van der Waals surface area contributed by atoms with E-state index < -0.39 is 0 Å². The van der Waals surface area contributed by atoms with E-state index in [9.17, 15) is 4.39 Å². The summed E-state index contributed by atoms with van der Waals surface area (Å²) in [5.74, 6) is 0.966. The first kappa shape index (κ1) is 20.8. The Labute approximate surface area is 164 Å². The number of aliphatic imine (C=N–C) groups is 1. The van der Waals surface area contributed by atoms with Gasteiger partial charge in [-0.05, 0) is 30.0 Å². The molecular formula is C17H24FIN4S. The largest absolute Gasteiger partial charge is 0.352 e. The second kappa shape index (κ2) is 9.93. The molecule has 24 heavy (non-hydrogen) atoms. The number of aryl methyl sites for hydroxylation is 1. The zero-order chi connectivity index (χ0) is 16.8. The van der Waals surface area contributed by atoms with Crippen LogP contribution < -0.4 is 10.6 Å². The summed E-state index contributed by atoms with van der Waals surface area (Å²) in [5, 5.41) is 9.61. The van der Waals surface area contributed by atoms with Crippen LogP contribution in [-0.4, -0.2) is 18.0 Å². The van der Waals surface area contributed by atoms with E-state index >= 15 is 0 Å². The lowest BCUT2D eigenvalue weighted by Crippen LogP contribution is -2.36. The highest BCUT2D eigenvalue weighted by Gasteiger charge is 2.06. The molecule has 4 nitrogen and oxygen atoms in total. The van der Waals surface area contributed by atoms with Gasteiger partial charge in [-0.25, -0.2) is 9.37 Å².